The van der Waals surface area contributed by atoms with Gasteiger partial charge in [0, 0.05) is 42.1 Å². The minimum Gasteiger partial charge on any atom is -0.619 e. The summed E-state index contributed by atoms with van der Waals surface area (Å²) >= 11 is 17.8. The quantitative estimate of drug-likeness (QED) is 0.191. The standard InChI is InChI=1S/C15H15ClN4O.C8H7Cl2N3/c1-2-12-5-7-20-14(8-13(16)18-15(12)20)17-9-11-4-3-6-19(21)10-11;1-2-5-4-11-13-7(10)3-6(9)12-8(5)13/h3-8,10,17H,2,9H2,1H3;3-4H,2H2,1H3. The van der Waals surface area contributed by atoms with Crippen LogP contribution >= 0.6 is 34.8 Å². The average Bonchev–Trinajstić information content (AvgIpc) is 3.41. The Morgan fingerprint density at radius 3 is 2.47 bits per heavy atom. The van der Waals surface area contributed by atoms with E-state index >= 15 is 0 Å². The van der Waals surface area contributed by atoms with Gasteiger partial charge in [-0.05, 0) is 30.5 Å². The van der Waals surface area contributed by atoms with Crippen molar-refractivity contribution in [1.82, 2.24) is 24.0 Å². The van der Waals surface area contributed by atoms with Gasteiger partial charge in [0.25, 0.3) is 0 Å². The van der Waals surface area contributed by atoms with Gasteiger partial charge in [-0.15, -0.1) is 0 Å². The van der Waals surface area contributed by atoms with Crippen molar-refractivity contribution in [3.63, 3.8) is 0 Å². The summed E-state index contributed by atoms with van der Waals surface area (Å²) in [6, 6.07) is 9.02. The van der Waals surface area contributed by atoms with E-state index in [2.05, 4.69) is 27.3 Å². The van der Waals surface area contributed by atoms with Gasteiger partial charge in [0.1, 0.15) is 26.9 Å². The maximum absolute atomic E-state index is 11.3. The number of aromatic nitrogens is 6. The number of rotatable bonds is 5. The van der Waals surface area contributed by atoms with Crippen molar-refractivity contribution < 1.29 is 4.73 Å². The molecule has 5 aromatic rings. The van der Waals surface area contributed by atoms with Gasteiger partial charge < -0.3 is 10.5 Å². The lowest BCUT2D eigenvalue weighted by molar-refractivity contribution is -0.605. The number of nitrogens with one attached hydrogen (secondary N) is 1. The molecule has 0 radical (unpaired) electrons. The molecule has 0 saturated carbocycles. The first-order chi connectivity index (χ1) is 16.4. The van der Waals surface area contributed by atoms with E-state index in [9.17, 15) is 5.21 Å². The molecule has 34 heavy (non-hydrogen) atoms. The van der Waals surface area contributed by atoms with E-state index in [0.29, 0.717) is 22.0 Å². The molecule has 0 bridgehead atoms. The van der Waals surface area contributed by atoms with Gasteiger partial charge in [-0.1, -0.05) is 48.7 Å². The number of anilines is 1. The van der Waals surface area contributed by atoms with Crippen LogP contribution in [0, 0.1) is 5.21 Å². The predicted octanol–water partition coefficient (Wildman–Crippen LogP) is 5.39. The van der Waals surface area contributed by atoms with E-state index in [1.165, 1.54) is 6.20 Å². The zero-order valence-electron chi connectivity index (χ0n) is 18.5. The Morgan fingerprint density at radius 1 is 1.00 bits per heavy atom. The summed E-state index contributed by atoms with van der Waals surface area (Å²) in [5, 5.41) is 20.0. The molecule has 176 valence electrons. The summed E-state index contributed by atoms with van der Waals surface area (Å²) in [5.41, 5.74) is 4.69. The lowest BCUT2D eigenvalue weighted by Gasteiger charge is -2.10. The number of hydrogen-bond acceptors (Lipinski definition) is 5. The molecule has 8 nitrogen and oxygen atoms in total. The Bertz CT molecular complexity index is 1450. The molecule has 0 fully saturated rings. The molecule has 0 amide bonds. The first kappa shape index (κ1) is 24.1. The van der Waals surface area contributed by atoms with E-state index < -0.39 is 0 Å². The van der Waals surface area contributed by atoms with Crippen molar-refractivity contribution in [2.24, 2.45) is 0 Å². The van der Waals surface area contributed by atoms with Crippen LogP contribution in [0.4, 0.5) is 5.82 Å². The van der Waals surface area contributed by atoms with Crippen molar-refractivity contribution in [1.29, 1.82) is 0 Å². The Hall–Kier alpha value is -3.07. The number of pyridine rings is 1. The summed E-state index contributed by atoms with van der Waals surface area (Å²) in [6.45, 7) is 4.66. The van der Waals surface area contributed by atoms with E-state index in [1.54, 1.807) is 35.1 Å². The number of hydrogen-bond donors (Lipinski definition) is 1. The van der Waals surface area contributed by atoms with Crippen molar-refractivity contribution in [2.75, 3.05) is 5.32 Å². The van der Waals surface area contributed by atoms with Crippen molar-refractivity contribution in [3.8, 4) is 0 Å². The van der Waals surface area contributed by atoms with Gasteiger partial charge >= 0.3 is 0 Å². The molecule has 0 saturated heterocycles. The third kappa shape index (κ3) is 5.19. The highest BCUT2D eigenvalue weighted by molar-refractivity contribution is 6.33. The molecule has 0 aliphatic rings. The van der Waals surface area contributed by atoms with Gasteiger partial charge in [-0.3, -0.25) is 4.40 Å². The van der Waals surface area contributed by atoms with Crippen LogP contribution in [0.15, 0.2) is 55.1 Å². The average molecular weight is 519 g/mol. The molecule has 1 N–H and O–H groups in total. The number of halogens is 3. The minimum absolute atomic E-state index is 0.396. The van der Waals surface area contributed by atoms with Crippen LogP contribution in [0.2, 0.25) is 15.5 Å². The SMILES string of the molecule is CCc1ccn2c(NCc3ccc[n+]([O-])c3)cc(Cl)nc12.CCc1cnn2c(Cl)cc(Cl)nc12. The molecule has 11 heteroatoms. The molecular weight excluding hydrogens is 497 g/mol. The maximum atomic E-state index is 11.3. The van der Waals surface area contributed by atoms with Crippen LogP contribution < -0.4 is 10.0 Å². The smallest absolute Gasteiger partial charge is 0.185 e. The first-order valence-electron chi connectivity index (χ1n) is 10.7. The lowest BCUT2D eigenvalue weighted by atomic mass is 10.2. The summed E-state index contributed by atoms with van der Waals surface area (Å²) in [6.07, 6.45) is 8.50. The fourth-order valence-electron chi connectivity index (χ4n) is 3.50. The number of nitrogens with zero attached hydrogens (tertiary/aromatic N) is 6. The largest absolute Gasteiger partial charge is 0.619 e. The Morgan fingerprint density at radius 2 is 1.74 bits per heavy atom. The molecule has 0 spiro atoms. The molecule has 0 aromatic carbocycles. The highest BCUT2D eigenvalue weighted by Gasteiger charge is 2.09. The fourth-order valence-corrected chi connectivity index (χ4v) is 4.15. The molecule has 0 aliphatic carbocycles. The molecule has 5 aromatic heterocycles. The van der Waals surface area contributed by atoms with Gasteiger partial charge in [-0.25, -0.2) is 14.5 Å². The molecule has 0 atom stereocenters. The van der Waals surface area contributed by atoms with Crippen molar-refractivity contribution in [3.05, 3.63) is 92.5 Å². The Balaban J connectivity index is 0.000000180. The summed E-state index contributed by atoms with van der Waals surface area (Å²) in [4.78, 5) is 8.52. The minimum atomic E-state index is 0.396. The summed E-state index contributed by atoms with van der Waals surface area (Å²) < 4.78 is 4.34. The summed E-state index contributed by atoms with van der Waals surface area (Å²) in [5.74, 6) is 0.853. The van der Waals surface area contributed by atoms with Crippen molar-refractivity contribution in [2.45, 2.75) is 33.2 Å². The van der Waals surface area contributed by atoms with Gasteiger partial charge in [-0.2, -0.15) is 9.83 Å². The monoisotopic (exact) mass is 517 g/mol. The molecule has 0 unspecified atom stereocenters. The van der Waals surface area contributed by atoms with Crippen LogP contribution in [0.25, 0.3) is 11.3 Å². The molecular formula is C23H22Cl3N7O. The van der Waals surface area contributed by atoms with Crippen molar-refractivity contribution >= 4 is 51.9 Å². The van der Waals surface area contributed by atoms with Crippen LogP contribution in [-0.2, 0) is 19.4 Å². The van der Waals surface area contributed by atoms with Gasteiger partial charge in [0.15, 0.2) is 18.0 Å². The zero-order chi connectivity index (χ0) is 24.2. The van der Waals surface area contributed by atoms with E-state index in [1.807, 2.05) is 29.7 Å². The topological polar surface area (TPSA) is 86.5 Å². The van der Waals surface area contributed by atoms with E-state index in [0.717, 1.165) is 51.4 Å². The maximum Gasteiger partial charge on any atom is 0.185 e. The first-order valence-corrected chi connectivity index (χ1v) is 11.8. The second-order valence-electron chi connectivity index (χ2n) is 7.44. The molecule has 5 heterocycles. The molecule has 5 rings (SSSR count). The number of aryl methyl sites for hydroxylation is 2. The van der Waals surface area contributed by atoms with Crippen LogP contribution in [-0.4, -0.2) is 24.0 Å². The van der Waals surface area contributed by atoms with E-state index in [-0.39, 0.29) is 0 Å². The van der Waals surface area contributed by atoms with Gasteiger partial charge in [0.2, 0.25) is 0 Å². The number of fused-ring (bicyclic) bond motifs is 2. The highest BCUT2D eigenvalue weighted by atomic mass is 35.5. The summed E-state index contributed by atoms with van der Waals surface area (Å²) in [7, 11) is 0. The zero-order valence-corrected chi connectivity index (χ0v) is 20.8. The van der Waals surface area contributed by atoms with Crippen LogP contribution in [0.1, 0.15) is 30.5 Å². The Labute approximate surface area is 211 Å². The second-order valence-corrected chi connectivity index (χ2v) is 8.60. The third-order valence-corrected chi connectivity index (χ3v) is 5.87. The Kier molecular flexibility index (Phi) is 7.41. The fraction of sp³-hybridized carbons (Fsp3) is 0.217. The predicted molar refractivity (Wildman–Crippen MR) is 135 cm³/mol. The third-order valence-electron chi connectivity index (χ3n) is 5.21. The normalized spacial score (nSPS) is 11.0. The molecule has 0 aliphatic heterocycles. The highest BCUT2D eigenvalue weighted by Crippen LogP contribution is 2.21. The van der Waals surface area contributed by atoms with Gasteiger partial charge in [0.05, 0.1) is 6.20 Å². The lowest BCUT2D eigenvalue weighted by Crippen LogP contribution is -2.25. The van der Waals surface area contributed by atoms with E-state index in [4.69, 9.17) is 34.8 Å². The van der Waals surface area contributed by atoms with Crippen LogP contribution in [0.3, 0.4) is 0 Å². The van der Waals surface area contributed by atoms with Crippen LogP contribution in [0.5, 0.6) is 0 Å². The second kappa shape index (κ2) is 10.5.